The topological polar surface area (TPSA) is 0 Å². The predicted molar refractivity (Wildman–Crippen MR) is 160 cm³/mol. The highest BCUT2D eigenvalue weighted by atomic mass is 14.4. The molecule has 4 rings (SSSR count). The van der Waals surface area contributed by atoms with Crippen LogP contribution >= 0.6 is 0 Å². The Morgan fingerprint density at radius 3 is 1.00 bits per heavy atom. The third kappa shape index (κ3) is 4.90. The van der Waals surface area contributed by atoms with Crippen LogP contribution in [0, 0.1) is 0 Å². The van der Waals surface area contributed by atoms with Gasteiger partial charge >= 0.3 is 0 Å². The van der Waals surface area contributed by atoms with Crippen LogP contribution in [0.2, 0.25) is 0 Å². The molecule has 2 aromatic rings. The van der Waals surface area contributed by atoms with Crippen molar-refractivity contribution in [3.05, 3.63) is 80.9 Å². The molecular weight excluding hydrogens is 432 g/mol. The first kappa shape index (κ1) is 27.0. The van der Waals surface area contributed by atoms with Gasteiger partial charge in [-0.1, -0.05) is 132 Å². The van der Waals surface area contributed by atoms with Crippen LogP contribution in [-0.2, 0) is 21.7 Å². The van der Waals surface area contributed by atoms with Crippen LogP contribution in [0.4, 0.5) is 0 Å². The van der Waals surface area contributed by atoms with Gasteiger partial charge in [0.05, 0.1) is 0 Å². The quantitative estimate of drug-likeness (QED) is 0.408. The summed E-state index contributed by atoms with van der Waals surface area (Å²) in [6.45, 7) is 28.3. The van der Waals surface area contributed by atoms with E-state index in [1.54, 1.807) is 11.1 Å². The molecule has 0 heterocycles. The molecule has 0 spiro atoms. The molecule has 2 aliphatic rings. The van der Waals surface area contributed by atoms with E-state index in [0.717, 1.165) is 0 Å². The van der Waals surface area contributed by atoms with Crippen molar-refractivity contribution in [3.8, 4) is 0 Å². The van der Waals surface area contributed by atoms with E-state index < -0.39 is 0 Å². The monoisotopic (exact) mass is 482 g/mol. The Hall–Kier alpha value is -2.08. The van der Waals surface area contributed by atoms with Gasteiger partial charge in [-0.2, -0.15) is 0 Å². The summed E-state index contributed by atoms with van der Waals surface area (Å²) in [7, 11) is 0. The Balaban J connectivity index is 1.71. The lowest BCUT2D eigenvalue weighted by molar-refractivity contribution is 0.548. The lowest BCUT2D eigenvalue weighted by Gasteiger charge is -2.31. The maximum atomic E-state index is 2.50. The zero-order valence-electron chi connectivity index (χ0n) is 25.2. The van der Waals surface area contributed by atoms with Gasteiger partial charge in [-0.3, -0.25) is 0 Å². The minimum atomic E-state index is 0.144. The molecule has 0 aromatic heterocycles. The Morgan fingerprint density at radius 1 is 0.444 bits per heavy atom. The van der Waals surface area contributed by atoms with Gasteiger partial charge < -0.3 is 0 Å². The summed E-state index contributed by atoms with van der Waals surface area (Å²) in [6, 6.07) is 9.65. The zero-order chi connectivity index (χ0) is 26.8. The summed E-state index contributed by atoms with van der Waals surface area (Å²) in [5.74, 6) is 0.996. The Bertz CT molecular complexity index is 1110. The van der Waals surface area contributed by atoms with Gasteiger partial charge in [0, 0.05) is 11.8 Å². The Kier molecular flexibility index (Phi) is 6.55. The van der Waals surface area contributed by atoms with Crippen molar-refractivity contribution in [1.29, 1.82) is 0 Å². The molecule has 0 fully saturated rings. The first-order valence-electron chi connectivity index (χ1n) is 14.1. The van der Waals surface area contributed by atoms with Crippen LogP contribution in [0.25, 0.3) is 12.2 Å². The number of hydrogen-bond donors (Lipinski definition) is 0. The summed E-state index contributed by atoms with van der Waals surface area (Å²) < 4.78 is 0. The van der Waals surface area contributed by atoms with Crippen molar-refractivity contribution in [2.45, 2.75) is 129 Å². The van der Waals surface area contributed by atoms with Crippen molar-refractivity contribution >= 4 is 12.2 Å². The van der Waals surface area contributed by atoms with Crippen molar-refractivity contribution in [3.63, 3.8) is 0 Å². The molecule has 2 aromatic carbocycles. The van der Waals surface area contributed by atoms with E-state index in [9.17, 15) is 0 Å². The van der Waals surface area contributed by atoms with Crippen molar-refractivity contribution < 1.29 is 0 Å². The van der Waals surface area contributed by atoms with E-state index in [2.05, 4.69) is 132 Å². The minimum absolute atomic E-state index is 0.144. The standard InChI is InChI=1S/C36H50/c1-33(2,3)27-19-21-29(35(7,8)9)31-23(15-17-25(27)31)13-14-24-16-18-26-28(34(4,5)6)20-22-30(32(24)26)36(10,11)12/h15-24H,13-14H2,1-12H3. The van der Waals surface area contributed by atoms with Crippen LogP contribution in [0.5, 0.6) is 0 Å². The molecule has 2 aliphatic carbocycles. The molecule has 0 nitrogen and oxygen atoms in total. The summed E-state index contributed by atoms with van der Waals surface area (Å²) in [4.78, 5) is 0. The van der Waals surface area contributed by atoms with Gasteiger partial charge in [0.2, 0.25) is 0 Å². The summed E-state index contributed by atoms with van der Waals surface area (Å²) in [6.07, 6.45) is 12.3. The SMILES string of the molecule is CC(C)(C)c1ccc(C(C)(C)C)c2c1C=CC2CCC1C=Cc2c(C(C)(C)C)ccc(C(C)(C)C)c21. The van der Waals surface area contributed by atoms with E-state index in [0.29, 0.717) is 11.8 Å². The average molecular weight is 483 g/mol. The highest BCUT2D eigenvalue weighted by Crippen LogP contribution is 2.48. The first-order chi connectivity index (χ1) is 16.4. The lowest BCUT2D eigenvalue weighted by atomic mass is 9.73. The maximum absolute atomic E-state index is 2.50. The number of rotatable bonds is 3. The molecule has 2 unspecified atom stereocenters. The molecular formula is C36H50. The summed E-state index contributed by atoms with van der Waals surface area (Å²) in [5.41, 5.74) is 12.8. The molecule has 0 saturated carbocycles. The molecule has 0 N–H and O–H groups in total. The van der Waals surface area contributed by atoms with Gasteiger partial charge in [-0.05, 0) is 79.0 Å². The lowest BCUT2D eigenvalue weighted by Crippen LogP contribution is -2.20. The van der Waals surface area contributed by atoms with Crippen molar-refractivity contribution in [2.75, 3.05) is 0 Å². The van der Waals surface area contributed by atoms with Crippen LogP contribution < -0.4 is 0 Å². The predicted octanol–water partition coefficient (Wildman–Crippen LogP) is 10.6. The first-order valence-corrected chi connectivity index (χ1v) is 14.1. The molecule has 0 aliphatic heterocycles. The smallest absolute Gasteiger partial charge is 0.00306 e. The number of benzene rings is 2. The molecule has 0 heteroatoms. The fourth-order valence-electron chi connectivity index (χ4n) is 6.50. The Labute approximate surface area is 222 Å². The van der Waals surface area contributed by atoms with Crippen LogP contribution in [0.15, 0.2) is 36.4 Å². The summed E-state index contributed by atoms with van der Waals surface area (Å²) in [5, 5.41) is 0. The van der Waals surface area contributed by atoms with E-state index in [1.165, 1.54) is 46.2 Å². The second-order valence-corrected chi connectivity index (χ2v) is 15.5. The fourth-order valence-corrected chi connectivity index (χ4v) is 6.50. The second kappa shape index (κ2) is 8.75. The fraction of sp³-hybridized carbons (Fsp3) is 0.556. The van der Waals surface area contributed by atoms with Crippen molar-refractivity contribution in [2.24, 2.45) is 0 Å². The van der Waals surface area contributed by atoms with Gasteiger partial charge in [0.15, 0.2) is 0 Å². The highest BCUT2D eigenvalue weighted by Gasteiger charge is 2.34. The zero-order valence-corrected chi connectivity index (χ0v) is 25.2. The van der Waals surface area contributed by atoms with E-state index in [-0.39, 0.29) is 21.7 Å². The second-order valence-electron chi connectivity index (χ2n) is 15.5. The van der Waals surface area contributed by atoms with E-state index >= 15 is 0 Å². The number of fused-ring (bicyclic) bond motifs is 2. The number of allylic oxidation sites excluding steroid dienone is 2. The van der Waals surface area contributed by atoms with Crippen LogP contribution in [0.3, 0.4) is 0 Å². The molecule has 2 atom stereocenters. The van der Waals surface area contributed by atoms with Crippen molar-refractivity contribution in [1.82, 2.24) is 0 Å². The molecule has 36 heavy (non-hydrogen) atoms. The maximum Gasteiger partial charge on any atom is 0.00306 e. The van der Waals surface area contributed by atoms with Gasteiger partial charge in [0.1, 0.15) is 0 Å². The van der Waals surface area contributed by atoms with E-state index in [4.69, 9.17) is 0 Å². The molecule has 0 bridgehead atoms. The third-order valence-electron chi connectivity index (χ3n) is 8.33. The van der Waals surface area contributed by atoms with E-state index in [1.807, 2.05) is 0 Å². The van der Waals surface area contributed by atoms with Crippen LogP contribution in [-0.4, -0.2) is 0 Å². The summed E-state index contributed by atoms with van der Waals surface area (Å²) >= 11 is 0. The molecule has 0 amide bonds. The average Bonchev–Trinajstić information content (AvgIpc) is 3.32. The Morgan fingerprint density at radius 2 is 0.722 bits per heavy atom. The third-order valence-corrected chi connectivity index (χ3v) is 8.33. The molecule has 0 radical (unpaired) electrons. The normalized spacial score (nSPS) is 19.7. The molecule has 0 saturated heterocycles. The minimum Gasteiger partial charge on any atom is -0.0764 e. The highest BCUT2D eigenvalue weighted by molar-refractivity contribution is 5.71. The largest absolute Gasteiger partial charge is 0.0764 e. The van der Waals surface area contributed by atoms with Gasteiger partial charge in [0.25, 0.3) is 0 Å². The number of hydrogen-bond acceptors (Lipinski definition) is 0. The van der Waals surface area contributed by atoms with Gasteiger partial charge in [-0.25, -0.2) is 0 Å². The van der Waals surface area contributed by atoms with Gasteiger partial charge in [-0.15, -0.1) is 0 Å². The van der Waals surface area contributed by atoms with Crippen LogP contribution in [0.1, 0.15) is 152 Å². The molecule has 194 valence electrons.